The van der Waals surface area contributed by atoms with Crippen molar-refractivity contribution in [2.45, 2.75) is 25.4 Å². The Labute approximate surface area is 86.2 Å². The zero-order chi connectivity index (χ0) is 10.4. The van der Waals surface area contributed by atoms with Crippen molar-refractivity contribution in [1.29, 1.82) is 0 Å². The number of nitrogens with zero attached hydrogens (tertiary/aromatic N) is 1. The molecule has 1 fully saturated rings. The van der Waals surface area contributed by atoms with Crippen molar-refractivity contribution in [1.82, 2.24) is 10.2 Å². The van der Waals surface area contributed by atoms with E-state index in [2.05, 4.69) is 17.1 Å². The minimum atomic E-state index is 0.226. The third-order valence-electron chi connectivity index (χ3n) is 2.86. The third kappa shape index (κ3) is 3.53. The van der Waals surface area contributed by atoms with Crippen LogP contribution in [0, 0.1) is 0 Å². The van der Waals surface area contributed by atoms with Crippen LogP contribution in [0.25, 0.3) is 0 Å². The first-order valence-electron chi connectivity index (χ1n) is 5.35. The molecule has 1 saturated heterocycles. The highest BCUT2D eigenvalue weighted by atomic mass is 16.5. The molecule has 1 heterocycles. The Morgan fingerprint density at radius 1 is 1.57 bits per heavy atom. The van der Waals surface area contributed by atoms with Gasteiger partial charge in [-0.15, -0.1) is 0 Å². The minimum absolute atomic E-state index is 0.226. The van der Waals surface area contributed by atoms with Crippen LogP contribution < -0.4 is 5.32 Å². The first-order chi connectivity index (χ1) is 6.77. The van der Waals surface area contributed by atoms with E-state index < -0.39 is 0 Å². The molecule has 0 aromatic rings. The molecule has 4 heteroatoms. The van der Waals surface area contributed by atoms with E-state index >= 15 is 0 Å². The predicted octanol–water partition coefficient (Wildman–Crippen LogP) is -0.322. The third-order valence-corrected chi connectivity index (χ3v) is 2.86. The molecule has 0 saturated carbocycles. The summed E-state index contributed by atoms with van der Waals surface area (Å²) in [5.41, 5.74) is 0. The summed E-state index contributed by atoms with van der Waals surface area (Å²) in [5.74, 6) is 0. The van der Waals surface area contributed by atoms with Crippen molar-refractivity contribution in [2.75, 3.05) is 40.0 Å². The molecule has 84 valence electrons. The lowest BCUT2D eigenvalue weighted by Gasteiger charge is -2.27. The molecule has 0 bridgehead atoms. The van der Waals surface area contributed by atoms with Crippen LogP contribution in [0.1, 0.15) is 13.3 Å². The van der Waals surface area contributed by atoms with Gasteiger partial charge < -0.3 is 15.2 Å². The Hall–Kier alpha value is -0.160. The number of aliphatic hydroxyl groups excluding tert-OH is 1. The van der Waals surface area contributed by atoms with Gasteiger partial charge in [-0.3, -0.25) is 4.90 Å². The quantitative estimate of drug-likeness (QED) is 0.656. The lowest BCUT2D eigenvalue weighted by molar-refractivity contribution is 0.0936. The molecule has 0 aliphatic carbocycles. The SMILES string of the molecule is COCCN1CCC(C)NCC1CO. The van der Waals surface area contributed by atoms with Gasteiger partial charge >= 0.3 is 0 Å². The number of hydrogen-bond acceptors (Lipinski definition) is 4. The summed E-state index contributed by atoms with van der Waals surface area (Å²) < 4.78 is 5.06. The normalized spacial score (nSPS) is 30.2. The summed E-state index contributed by atoms with van der Waals surface area (Å²) in [7, 11) is 1.71. The Morgan fingerprint density at radius 2 is 2.36 bits per heavy atom. The fraction of sp³-hybridized carbons (Fsp3) is 1.00. The maximum absolute atomic E-state index is 9.25. The van der Waals surface area contributed by atoms with Crippen LogP contribution in [0.15, 0.2) is 0 Å². The van der Waals surface area contributed by atoms with Gasteiger partial charge in [-0.05, 0) is 13.3 Å². The van der Waals surface area contributed by atoms with Gasteiger partial charge in [0.1, 0.15) is 0 Å². The summed E-state index contributed by atoms with van der Waals surface area (Å²) in [5, 5.41) is 12.7. The molecule has 0 aromatic heterocycles. The Kier molecular flexibility index (Phi) is 5.40. The molecule has 2 unspecified atom stereocenters. The van der Waals surface area contributed by atoms with E-state index in [1.165, 1.54) is 0 Å². The lowest BCUT2D eigenvalue weighted by atomic mass is 10.2. The smallest absolute Gasteiger partial charge is 0.0599 e. The molecule has 1 aliphatic heterocycles. The van der Waals surface area contributed by atoms with Gasteiger partial charge in [0.25, 0.3) is 0 Å². The van der Waals surface area contributed by atoms with Crippen molar-refractivity contribution in [2.24, 2.45) is 0 Å². The van der Waals surface area contributed by atoms with Gasteiger partial charge in [-0.1, -0.05) is 0 Å². The molecule has 4 nitrogen and oxygen atoms in total. The predicted molar refractivity (Wildman–Crippen MR) is 56.4 cm³/mol. The highest BCUT2D eigenvalue weighted by Gasteiger charge is 2.21. The van der Waals surface area contributed by atoms with Crippen LogP contribution in [0.2, 0.25) is 0 Å². The largest absolute Gasteiger partial charge is 0.395 e. The van der Waals surface area contributed by atoms with E-state index in [0.29, 0.717) is 6.04 Å². The molecule has 0 amide bonds. The van der Waals surface area contributed by atoms with Crippen molar-refractivity contribution >= 4 is 0 Å². The highest BCUT2D eigenvalue weighted by Crippen LogP contribution is 2.06. The summed E-state index contributed by atoms with van der Waals surface area (Å²) in [6.07, 6.45) is 1.14. The topological polar surface area (TPSA) is 44.7 Å². The zero-order valence-electron chi connectivity index (χ0n) is 9.20. The number of ether oxygens (including phenoxy) is 1. The second kappa shape index (κ2) is 6.35. The molecule has 1 rings (SSSR count). The lowest BCUT2D eigenvalue weighted by Crippen LogP contribution is -2.44. The number of methoxy groups -OCH3 is 1. The maximum Gasteiger partial charge on any atom is 0.0599 e. The molecule has 14 heavy (non-hydrogen) atoms. The monoisotopic (exact) mass is 202 g/mol. The summed E-state index contributed by atoms with van der Waals surface area (Å²) in [6, 6.07) is 0.798. The van der Waals surface area contributed by atoms with Crippen LogP contribution in [-0.2, 0) is 4.74 Å². The number of hydrogen-bond donors (Lipinski definition) is 2. The van der Waals surface area contributed by atoms with E-state index in [4.69, 9.17) is 4.74 Å². The molecular weight excluding hydrogens is 180 g/mol. The average Bonchev–Trinajstić information content (AvgIpc) is 2.37. The molecule has 0 radical (unpaired) electrons. The molecule has 2 atom stereocenters. The zero-order valence-corrected chi connectivity index (χ0v) is 9.20. The first-order valence-corrected chi connectivity index (χ1v) is 5.35. The molecule has 2 N–H and O–H groups in total. The Bertz CT molecular complexity index is 155. The Morgan fingerprint density at radius 3 is 3.00 bits per heavy atom. The van der Waals surface area contributed by atoms with Crippen LogP contribution >= 0.6 is 0 Å². The van der Waals surface area contributed by atoms with Crippen LogP contribution in [-0.4, -0.2) is 62.0 Å². The van der Waals surface area contributed by atoms with Gasteiger partial charge in [0, 0.05) is 38.8 Å². The van der Waals surface area contributed by atoms with E-state index in [0.717, 1.165) is 32.7 Å². The second-order valence-corrected chi connectivity index (χ2v) is 3.96. The fourth-order valence-corrected chi connectivity index (χ4v) is 1.79. The average molecular weight is 202 g/mol. The van der Waals surface area contributed by atoms with Gasteiger partial charge in [0.15, 0.2) is 0 Å². The van der Waals surface area contributed by atoms with Gasteiger partial charge in [-0.25, -0.2) is 0 Å². The minimum Gasteiger partial charge on any atom is -0.395 e. The van der Waals surface area contributed by atoms with Crippen molar-refractivity contribution in [3.05, 3.63) is 0 Å². The van der Waals surface area contributed by atoms with Crippen LogP contribution in [0.3, 0.4) is 0 Å². The van der Waals surface area contributed by atoms with Crippen molar-refractivity contribution in [3.63, 3.8) is 0 Å². The van der Waals surface area contributed by atoms with Crippen molar-refractivity contribution < 1.29 is 9.84 Å². The van der Waals surface area contributed by atoms with Gasteiger partial charge in [0.05, 0.1) is 13.2 Å². The van der Waals surface area contributed by atoms with E-state index in [9.17, 15) is 5.11 Å². The fourth-order valence-electron chi connectivity index (χ4n) is 1.79. The maximum atomic E-state index is 9.25. The van der Waals surface area contributed by atoms with Crippen LogP contribution in [0.5, 0.6) is 0 Å². The second-order valence-electron chi connectivity index (χ2n) is 3.96. The van der Waals surface area contributed by atoms with Crippen LogP contribution in [0.4, 0.5) is 0 Å². The molecule has 0 aromatic carbocycles. The summed E-state index contributed by atoms with van der Waals surface area (Å²) in [4.78, 5) is 2.31. The number of nitrogens with one attached hydrogen (secondary N) is 1. The van der Waals surface area contributed by atoms with E-state index in [1.807, 2.05) is 0 Å². The molecular formula is C10H22N2O2. The van der Waals surface area contributed by atoms with Gasteiger partial charge in [-0.2, -0.15) is 0 Å². The standard InChI is InChI=1S/C10H22N2O2/c1-9-3-4-12(5-6-14-2)10(8-13)7-11-9/h9-11,13H,3-8H2,1-2H3. The molecule has 1 aliphatic rings. The van der Waals surface area contributed by atoms with E-state index in [1.54, 1.807) is 7.11 Å². The Balaban J connectivity index is 2.41. The summed E-state index contributed by atoms with van der Waals surface area (Å²) >= 11 is 0. The molecule has 0 spiro atoms. The summed E-state index contributed by atoms with van der Waals surface area (Å²) in [6.45, 7) is 5.99. The van der Waals surface area contributed by atoms with E-state index in [-0.39, 0.29) is 12.6 Å². The van der Waals surface area contributed by atoms with Gasteiger partial charge in [0.2, 0.25) is 0 Å². The number of aliphatic hydroxyl groups is 1. The highest BCUT2D eigenvalue weighted by molar-refractivity contribution is 4.80. The first kappa shape index (κ1) is 11.9. The number of rotatable bonds is 4. The van der Waals surface area contributed by atoms with Crippen molar-refractivity contribution in [3.8, 4) is 0 Å².